The molecule has 0 saturated carbocycles. The van der Waals surface area contributed by atoms with Gasteiger partial charge in [0.2, 0.25) is 0 Å². The summed E-state index contributed by atoms with van der Waals surface area (Å²) in [7, 11) is 0. The second-order valence-corrected chi connectivity index (χ2v) is 5.60. The molecule has 0 spiro atoms. The fourth-order valence-electron chi connectivity index (χ4n) is 2.96. The number of rotatable bonds is 5. The number of urea groups is 1. The summed E-state index contributed by atoms with van der Waals surface area (Å²) in [6.07, 6.45) is 4.32. The van der Waals surface area contributed by atoms with Gasteiger partial charge in [-0.2, -0.15) is 0 Å². The first-order valence-corrected chi connectivity index (χ1v) is 7.36. The van der Waals surface area contributed by atoms with Crippen molar-refractivity contribution in [3.63, 3.8) is 0 Å². The van der Waals surface area contributed by atoms with Crippen LogP contribution in [-0.2, 0) is 11.3 Å². The summed E-state index contributed by atoms with van der Waals surface area (Å²) >= 11 is 0. The van der Waals surface area contributed by atoms with Gasteiger partial charge in [-0.25, -0.2) is 4.79 Å². The highest BCUT2D eigenvalue weighted by atomic mass is 16.4. The Kier molecular flexibility index (Phi) is 4.88. The van der Waals surface area contributed by atoms with Crippen LogP contribution < -0.4 is 5.32 Å². The number of nitrogens with one attached hydrogen (secondary N) is 1. The first kappa shape index (κ1) is 15.4. The van der Waals surface area contributed by atoms with E-state index in [-0.39, 0.29) is 12.6 Å². The van der Waals surface area contributed by atoms with Crippen LogP contribution in [0.15, 0.2) is 22.8 Å². The summed E-state index contributed by atoms with van der Waals surface area (Å²) in [4.78, 5) is 25.4. The van der Waals surface area contributed by atoms with Crippen LogP contribution in [0.2, 0.25) is 0 Å². The lowest BCUT2D eigenvalue weighted by atomic mass is 9.76. The molecule has 1 saturated heterocycles. The molecule has 6 nitrogen and oxygen atoms in total. The van der Waals surface area contributed by atoms with Crippen LogP contribution in [0.3, 0.4) is 0 Å². The maximum atomic E-state index is 12.2. The highest BCUT2D eigenvalue weighted by Crippen LogP contribution is 2.35. The smallest absolute Gasteiger partial charge is 0.317 e. The average Bonchev–Trinajstić information content (AvgIpc) is 2.98. The largest absolute Gasteiger partial charge is 0.481 e. The Morgan fingerprint density at radius 2 is 2.33 bits per heavy atom. The number of nitrogens with zero attached hydrogens (tertiary/aromatic N) is 1. The number of carbonyl (C=O) groups excluding carboxylic acids is 1. The van der Waals surface area contributed by atoms with E-state index in [1.54, 1.807) is 23.3 Å². The number of amides is 2. The molecule has 2 heterocycles. The number of carboxylic acids is 1. The summed E-state index contributed by atoms with van der Waals surface area (Å²) in [6.45, 7) is 3.17. The molecule has 1 fully saturated rings. The lowest BCUT2D eigenvalue weighted by Crippen LogP contribution is -2.52. The van der Waals surface area contributed by atoms with Gasteiger partial charge in [-0.05, 0) is 31.4 Å². The minimum atomic E-state index is -0.798. The van der Waals surface area contributed by atoms with Crippen LogP contribution in [0.5, 0.6) is 0 Å². The van der Waals surface area contributed by atoms with E-state index < -0.39 is 11.4 Å². The molecule has 1 aromatic rings. The van der Waals surface area contributed by atoms with Crippen molar-refractivity contribution < 1.29 is 19.1 Å². The summed E-state index contributed by atoms with van der Waals surface area (Å²) in [5.41, 5.74) is -0.797. The Bertz CT molecular complexity index is 482. The van der Waals surface area contributed by atoms with Gasteiger partial charge in [0.1, 0.15) is 5.76 Å². The van der Waals surface area contributed by atoms with Crippen LogP contribution in [0.1, 0.15) is 38.4 Å². The summed E-state index contributed by atoms with van der Waals surface area (Å²) in [6, 6.07) is 3.32. The number of carboxylic acid groups (broad SMARTS) is 1. The van der Waals surface area contributed by atoms with Crippen LogP contribution in [0.25, 0.3) is 0 Å². The van der Waals surface area contributed by atoms with E-state index in [9.17, 15) is 14.7 Å². The highest BCUT2D eigenvalue weighted by Gasteiger charge is 2.42. The molecule has 6 heteroatoms. The Morgan fingerprint density at radius 1 is 1.52 bits per heavy atom. The van der Waals surface area contributed by atoms with Crippen molar-refractivity contribution in [2.75, 3.05) is 13.1 Å². The molecule has 1 atom stereocenters. The number of likely N-dealkylation sites (tertiary alicyclic amines) is 1. The monoisotopic (exact) mass is 294 g/mol. The summed E-state index contributed by atoms with van der Waals surface area (Å²) < 4.78 is 5.16. The second-order valence-electron chi connectivity index (χ2n) is 5.60. The lowest BCUT2D eigenvalue weighted by molar-refractivity contribution is -0.152. The fourth-order valence-corrected chi connectivity index (χ4v) is 2.96. The predicted octanol–water partition coefficient (Wildman–Crippen LogP) is 2.46. The Hall–Kier alpha value is -1.98. The zero-order chi connectivity index (χ0) is 15.3. The van der Waals surface area contributed by atoms with Crippen molar-refractivity contribution in [2.24, 2.45) is 5.41 Å². The first-order valence-electron chi connectivity index (χ1n) is 7.36. The molecule has 0 aromatic carbocycles. The maximum Gasteiger partial charge on any atom is 0.317 e. The lowest BCUT2D eigenvalue weighted by Gasteiger charge is -2.39. The average molecular weight is 294 g/mol. The normalized spacial score (nSPS) is 22.0. The number of furan rings is 1. The van der Waals surface area contributed by atoms with Crippen molar-refractivity contribution in [2.45, 2.75) is 39.2 Å². The maximum absolute atomic E-state index is 12.2. The Labute approximate surface area is 124 Å². The van der Waals surface area contributed by atoms with Crippen molar-refractivity contribution in [1.29, 1.82) is 0 Å². The van der Waals surface area contributed by atoms with Gasteiger partial charge in [0.05, 0.1) is 18.2 Å². The quantitative estimate of drug-likeness (QED) is 0.874. The minimum absolute atomic E-state index is 0.229. The molecule has 2 N–H and O–H groups in total. The fraction of sp³-hybridized carbons (Fsp3) is 0.600. The topological polar surface area (TPSA) is 82.8 Å². The Morgan fingerprint density at radius 3 is 2.95 bits per heavy atom. The van der Waals surface area contributed by atoms with E-state index in [1.165, 1.54) is 0 Å². The molecule has 1 aliphatic rings. The van der Waals surface area contributed by atoms with E-state index in [0.717, 1.165) is 12.8 Å². The molecule has 0 bridgehead atoms. The molecule has 21 heavy (non-hydrogen) atoms. The number of piperidine rings is 1. The summed E-state index contributed by atoms with van der Waals surface area (Å²) in [5, 5.41) is 12.3. The number of aliphatic carboxylic acids is 1. The standard InChI is InChI=1S/C15H22N2O4/c1-2-6-15(13(18)19)7-4-8-17(11-15)14(20)16-10-12-5-3-9-21-12/h3,5,9H,2,4,6-8,10-11H2,1H3,(H,16,20)(H,18,19). The third kappa shape index (κ3) is 3.56. The molecular weight excluding hydrogens is 272 g/mol. The van der Waals surface area contributed by atoms with Gasteiger partial charge in [0, 0.05) is 13.1 Å². The van der Waals surface area contributed by atoms with E-state index in [4.69, 9.17) is 4.42 Å². The third-order valence-electron chi connectivity index (χ3n) is 4.04. The van der Waals surface area contributed by atoms with Crippen molar-refractivity contribution in [1.82, 2.24) is 10.2 Å². The molecule has 116 valence electrons. The zero-order valence-electron chi connectivity index (χ0n) is 12.3. The third-order valence-corrected chi connectivity index (χ3v) is 4.04. The van der Waals surface area contributed by atoms with Gasteiger partial charge in [0.15, 0.2) is 0 Å². The van der Waals surface area contributed by atoms with Crippen molar-refractivity contribution in [3.05, 3.63) is 24.2 Å². The SMILES string of the molecule is CCCC1(C(=O)O)CCCN(C(=O)NCc2ccco2)C1. The van der Waals surface area contributed by atoms with Gasteiger partial charge in [-0.1, -0.05) is 13.3 Å². The number of hydrogen-bond donors (Lipinski definition) is 2. The van der Waals surface area contributed by atoms with E-state index in [1.807, 2.05) is 6.92 Å². The Balaban J connectivity index is 1.96. The van der Waals surface area contributed by atoms with Gasteiger partial charge < -0.3 is 19.7 Å². The minimum Gasteiger partial charge on any atom is -0.481 e. The molecule has 0 radical (unpaired) electrons. The van der Waals surface area contributed by atoms with Gasteiger partial charge in [-0.3, -0.25) is 4.79 Å². The van der Waals surface area contributed by atoms with Gasteiger partial charge in [-0.15, -0.1) is 0 Å². The molecule has 1 unspecified atom stereocenters. The molecular formula is C15H22N2O4. The second kappa shape index (κ2) is 6.65. The first-order chi connectivity index (χ1) is 10.1. The van der Waals surface area contributed by atoms with E-state index in [2.05, 4.69) is 5.32 Å². The number of hydrogen-bond acceptors (Lipinski definition) is 3. The van der Waals surface area contributed by atoms with Crippen LogP contribution >= 0.6 is 0 Å². The molecule has 0 aliphatic carbocycles. The molecule has 2 rings (SSSR count). The zero-order valence-corrected chi connectivity index (χ0v) is 12.3. The summed E-state index contributed by atoms with van der Waals surface area (Å²) in [5.74, 6) is -0.119. The van der Waals surface area contributed by atoms with Crippen LogP contribution in [0, 0.1) is 5.41 Å². The number of carbonyl (C=O) groups is 2. The van der Waals surface area contributed by atoms with E-state index in [0.29, 0.717) is 31.7 Å². The molecule has 1 aromatic heterocycles. The van der Waals surface area contributed by atoms with E-state index >= 15 is 0 Å². The van der Waals surface area contributed by atoms with Crippen LogP contribution in [0.4, 0.5) is 4.79 Å². The van der Waals surface area contributed by atoms with Gasteiger partial charge >= 0.3 is 12.0 Å². The van der Waals surface area contributed by atoms with Crippen molar-refractivity contribution >= 4 is 12.0 Å². The molecule has 1 aliphatic heterocycles. The highest BCUT2D eigenvalue weighted by molar-refractivity contribution is 5.78. The van der Waals surface area contributed by atoms with Gasteiger partial charge in [0.25, 0.3) is 0 Å². The predicted molar refractivity (Wildman–Crippen MR) is 76.7 cm³/mol. The van der Waals surface area contributed by atoms with Crippen molar-refractivity contribution in [3.8, 4) is 0 Å². The molecule has 2 amide bonds. The van der Waals surface area contributed by atoms with Crippen LogP contribution in [-0.4, -0.2) is 35.1 Å².